The fourth-order valence-corrected chi connectivity index (χ4v) is 2.72. The predicted octanol–water partition coefficient (Wildman–Crippen LogP) is 2.53. The first-order valence-electron chi connectivity index (χ1n) is 7.42. The summed E-state index contributed by atoms with van der Waals surface area (Å²) < 4.78 is 14.1. The van der Waals surface area contributed by atoms with E-state index in [1.165, 1.54) is 6.07 Å². The first kappa shape index (κ1) is 15.3. The second kappa shape index (κ2) is 6.55. The van der Waals surface area contributed by atoms with Crippen molar-refractivity contribution in [2.45, 2.75) is 45.9 Å². The molecule has 1 saturated heterocycles. The van der Waals surface area contributed by atoms with E-state index in [1.54, 1.807) is 6.07 Å². The Kier molecular flexibility index (Phi) is 5.00. The Bertz CT molecular complexity index is 448. The molecule has 1 heterocycles. The molecule has 4 heteroatoms. The quantitative estimate of drug-likeness (QED) is 0.870. The molecule has 20 heavy (non-hydrogen) atoms. The van der Waals surface area contributed by atoms with Gasteiger partial charge in [-0.3, -0.25) is 0 Å². The van der Waals surface area contributed by atoms with Gasteiger partial charge in [0.2, 0.25) is 0 Å². The molecule has 1 aromatic carbocycles. The minimum atomic E-state index is -0.300. The third-order valence-electron chi connectivity index (χ3n) is 4.03. The Hall–Kier alpha value is -1.13. The number of hydrogen-bond acceptors (Lipinski definition) is 3. The van der Waals surface area contributed by atoms with Crippen molar-refractivity contribution in [2.75, 3.05) is 18.0 Å². The zero-order valence-electron chi connectivity index (χ0n) is 12.6. The lowest BCUT2D eigenvalue weighted by Crippen LogP contribution is -2.27. The van der Waals surface area contributed by atoms with Crippen LogP contribution < -0.4 is 10.2 Å². The number of aliphatic hydroxyl groups excluding tert-OH is 1. The van der Waals surface area contributed by atoms with Crippen LogP contribution in [0.25, 0.3) is 0 Å². The van der Waals surface area contributed by atoms with Crippen molar-refractivity contribution < 1.29 is 9.50 Å². The van der Waals surface area contributed by atoms with Gasteiger partial charge in [0, 0.05) is 42.8 Å². The molecule has 2 atom stereocenters. The highest BCUT2D eigenvalue weighted by molar-refractivity contribution is 5.55. The minimum absolute atomic E-state index is 0.156. The van der Waals surface area contributed by atoms with E-state index in [4.69, 9.17) is 0 Å². The van der Waals surface area contributed by atoms with Gasteiger partial charge in [0.15, 0.2) is 0 Å². The van der Waals surface area contributed by atoms with Crippen LogP contribution in [0, 0.1) is 11.7 Å². The van der Waals surface area contributed by atoms with E-state index in [1.807, 2.05) is 13.0 Å². The maximum atomic E-state index is 14.1. The van der Waals surface area contributed by atoms with E-state index in [2.05, 4.69) is 24.1 Å². The monoisotopic (exact) mass is 280 g/mol. The lowest BCUT2D eigenvalue weighted by atomic mass is 10.0. The van der Waals surface area contributed by atoms with E-state index < -0.39 is 0 Å². The summed E-state index contributed by atoms with van der Waals surface area (Å²) in [5, 5.41) is 13.0. The Morgan fingerprint density at radius 3 is 2.75 bits per heavy atom. The minimum Gasteiger partial charge on any atom is -0.393 e. The van der Waals surface area contributed by atoms with Gasteiger partial charge in [0.05, 0.1) is 6.10 Å². The van der Waals surface area contributed by atoms with Crippen LogP contribution in [0.2, 0.25) is 0 Å². The summed E-state index contributed by atoms with van der Waals surface area (Å²) in [6, 6.07) is 5.58. The second-order valence-corrected chi connectivity index (χ2v) is 6.01. The first-order valence-corrected chi connectivity index (χ1v) is 7.42. The molecule has 0 amide bonds. The fraction of sp³-hybridized carbons (Fsp3) is 0.625. The van der Waals surface area contributed by atoms with Crippen molar-refractivity contribution in [3.05, 3.63) is 29.6 Å². The van der Waals surface area contributed by atoms with Crippen LogP contribution in [-0.2, 0) is 6.54 Å². The molecule has 2 rings (SSSR count). The van der Waals surface area contributed by atoms with Gasteiger partial charge in [0.25, 0.3) is 0 Å². The van der Waals surface area contributed by atoms with Gasteiger partial charge in [-0.1, -0.05) is 19.9 Å². The van der Waals surface area contributed by atoms with Crippen molar-refractivity contribution in [1.82, 2.24) is 5.32 Å². The third kappa shape index (κ3) is 3.49. The average molecular weight is 280 g/mol. The van der Waals surface area contributed by atoms with E-state index >= 15 is 0 Å². The number of nitrogens with zero attached hydrogens (tertiary/aromatic N) is 1. The van der Waals surface area contributed by atoms with Gasteiger partial charge >= 0.3 is 0 Å². The summed E-state index contributed by atoms with van der Waals surface area (Å²) >= 11 is 0. The SMILES string of the molecule is CC(C)NCc1c(F)cccc1N1CCC(C(C)O)C1. The van der Waals surface area contributed by atoms with Crippen molar-refractivity contribution in [2.24, 2.45) is 5.92 Å². The maximum Gasteiger partial charge on any atom is 0.129 e. The average Bonchev–Trinajstić information content (AvgIpc) is 2.86. The Labute approximate surface area is 120 Å². The number of aliphatic hydroxyl groups is 1. The molecule has 3 nitrogen and oxygen atoms in total. The predicted molar refractivity (Wildman–Crippen MR) is 80.4 cm³/mol. The van der Waals surface area contributed by atoms with Crippen molar-refractivity contribution in [1.29, 1.82) is 0 Å². The van der Waals surface area contributed by atoms with Crippen LogP contribution in [0.1, 0.15) is 32.8 Å². The molecule has 1 aliphatic rings. The molecule has 2 unspecified atom stereocenters. The topological polar surface area (TPSA) is 35.5 Å². The number of hydrogen-bond donors (Lipinski definition) is 2. The maximum absolute atomic E-state index is 14.1. The lowest BCUT2D eigenvalue weighted by Gasteiger charge is -2.24. The van der Waals surface area contributed by atoms with Crippen LogP contribution in [0.4, 0.5) is 10.1 Å². The molecular formula is C16H25FN2O. The smallest absolute Gasteiger partial charge is 0.129 e. The molecule has 0 aromatic heterocycles. The molecule has 112 valence electrons. The van der Waals surface area contributed by atoms with Crippen molar-refractivity contribution in [3.63, 3.8) is 0 Å². The Balaban J connectivity index is 2.17. The third-order valence-corrected chi connectivity index (χ3v) is 4.03. The summed E-state index contributed by atoms with van der Waals surface area (Å²) in [6.07, 6.45) is 0.663. The Morgan fingerprint density at radius 2 is 2.15 bits per heavy atom. The molecule has 0 bridgehead atoms. The summed E-state index contributed by atoms with van der Waals surface area (Å²) in [5.74, 6) is 0.125. The van der Waals surface area contributed by atoms with Crippen molar-refractivity contribution >= 4 is 5.69 Å². The lowest BCUT2D eigenvalue weighted by molar-refractivity contribution is 0.136. The van der Waals surface area contributed by atoms with Gasteiger partial charge in [-0.25, -0.2) is 4.39 Å². The highest BCUT2D eigenvalue weighted by Crippen LogP contribution is 2.30. The molecule has 0 radical (unpaired) electrons. The van der Waals surface area contributed by atoms with Crippen LogP contribution >= 0.6 is 0 Å². The first-order chi connectivity index (χ1) is 9.49. The number of rotatable bonds is 5. The molecule has 1 aliphatic heterocycles. The van der Waals surface area contributed by atoms with E-state index in [0.717, 1.165) is 30.8 Å². The molecule has 0 saturated carbocycles. The van der Waals surface area contributed by atoms with Gasteiger partial charge in [-0.15, -0.1) is 0 Å². The number of halogens is 1. The summed E-state index contributed by atoms with van der Waals surface area (Å²) in [4.78, 5) is 2.19. The highest BCUT2D eigenvalue weighted by atomic mass is 19.1. The zero-order valence-corrected chi connectivity index (χ0v) is 12.6. The number of anilines is 1. The summed E-state index contributed by atoms with van der Waals surface area (Å²) in [6.45, 7) is 8.17. The van der Waals surface area contributed by atoms with Crippen LogP contribution in [0.5, 0.6) is 0 Å². The molecule has 0 spiro atoms. The fourth-order valence-electron chi connectivity index (χ4n) is 2.72. The molecule has 2 N–H and O–H groups in total. The molecular weight excluding hydrogens is 255 g/mol. The van der Waals surface area contributed by atoms with Crippen LogP contribution in [-0.4, -0.2) is 30.3 Å². The van der Waals surface area contributed by atoms with E-state index in [-0.39, 0.29) is 17.8 Å². The van der Waals surface area contributed by atoms with Crippen LogP contribution in [0.15, 0.2) is 18.2 Å². The van der Waals surface area contributed by atoms with Gasteiger partial charge in [-0.2, -0.15) is 0 Å². The van der Waals surface area contributed by atoms with E-state index in [9.17, 15) is 9.50 Å². The largest absolute Gasteiger partial charge is 0.393 e. The van der Waals surface area contributed by atoms with Crippen LogP contribution in [0.3, 0.4) is 0 Å². The van der Waals surface area contributed by atoms with Gasteiger partial charge < -0.3 is 15.3 Å². The van der Waals surface area contributed by atoms with Crippen molar-refractivity contribution in [3.8, 4) is 0 Å². The Morgan fingerprint density at radius 1 is 1.40 bits per heavy atom. The molecule has 1 fully saturated rings. The van der Waals surface area contributed by atoms with Gasteiger partial charge in [-0.05, 0) is 25.5 Å². The van der Waals surface area contributed by atoms with E-state index in [0.29, 0.717) is 12.6 Å². The number of benzene rings is 1. The van der Waals surface area contributed by atoms with Gasteiger partial charge in [0.1, 0.15) is 5.82 Å². The molecule has 0 aliphatic carbocycles. The normalized spacial score (nSPS) is 20.7. The second-order valence-electron chi connectivity index (χ2n) is 6.01. The zero-order chi connectivity index (χ0) is 14.7. The molecule has 1 aromatic rings. The highest BCUT2D eigenvalue weighted by Gasteiger charge is 2.27. The summed E-state index contributed by atoms with van der Waals surface area (Å²) in [7, 11) is 0. The summed E-state index contributed by atoms with van der Waals surface area (Å²) in [5.41, 5.74) is 1.69. The number of nitrogens with one attached hydrogen (secondary N) is 1. The standard InChI is InChI=1S/C16H25FN2O/c1-11(2)18-9-14-15(17)5-4-6-16(14)19-8-7-13(10-19)12(3)20/h4-6,11-13,18,20H,7-10H2,1-3H3.